The van der Waals surface area contributed by atoms with E-state index in [1.807, 2.05) is 19.1 Å². The van der Waals surface area contributed by atoms with Crippen LogP contribution < -0.4 is 0 Å². The molecule has 2 aliphatic heterocycles. The number of epoxide rings is 1. The van der Waals surface area contributed by atoms with Crippen molar-refractivity contribution in [3.05, 3.63) is 24.3 Å². The van der Waals surface area contributed by atoms with E-state index in [1.165, 1.54) is 6.92 Å². The Hall–Kier alpha value is -1.70. The molecule has 0 aromatic carbocycles. The van der Waals surface area contributed by atoms with Gasteiger partial charge in [-0.05, 0) is 65.2 Å². The molecule has 0 aromatic heterocycles. The van der Waals surface area contributed by atoms with Gasteiger partial charge in [0.05, 0.1) is 11.7 Å². The fourth-order valence-electron chi connectivity index (χ4n) is 4.45. The first-order chi connectivity index (χ1) is 13.5. The maximum Gasteiger partial charge on any atom is 0.334 e. The number of carbonyl (C=O) groups is 2. The van der Waals surface area contributed by atoms with Crippen molar-refractivity contribution in [1.29, 1.82) is 0 Å². The highest BCUT2D eigenvalue weighted by atomic mass is 17.1. The van der Waals surface area contributed by atoms with Gasteiger partial charge in [0, 0.05) is 12.5 Å². The van der Waals surface area contributed by atoms with Crippen molar-refractivity contribution in [2.75, 3.05) is 0 Å². The zero-order valence-corrected chi connectivity index (χ0v) is 17.7. The lowest BCUT2D eigenvalue weighted by Gasteiger charge is -2.36. The molecular formula is C22H32O7. The smallest absolute Gasteiger partial charge is 0.334 e. The van der Waals surface area contributed by atoms with E-state index in [4.69, 9.17) is 19.1 Å². The minimum Gasteiger partial charge on any atom is -0.458 e. The minimum atomic E-state index is -0.988. The molecule has 7 heteroatoms. The van der Waals surface area contributed by atoms with Gasteiger partial charge in [-0.25, -0.2) is 9.68 Å². The molecule has 0 saturated carbocycles. The normalized spacial score (nSPS) is 44.1. The van der Waals surface area contributed by atoms with Crippen molar-refractivity contribution in [2.24, 2.45) is 5.92 Å². The first-order valence-electron chi connectivity index (χ1n) is 10.3. The van der Waals surface area contributed by atoms with Crippen LogP contribution in [-0.2, 0) is 28.7 Å². The summed E-state index contributed by atoms with van der Waals surface area (Å²) in [7, 11) is 0. The summed E-state index contributed by atoms with van der Waals surface area (Å²) in [5.41, 5.74) is -1.79. The number of carbonyl (C=O) groups excluding carboxylic acids is 2. The number of ether oxygens (including phenoxy) is 3. The van der Waals surface area contributed by atoms with Crippen LogP contribution >= 0.6 is 0 Å². The third-order valence-corrected chi connectivity index (χ3v) is 6.70. The fourth-order valence-corrected chi connectivity index (χ4v) is 4.45. The lowest BCUT2D eigenvalue weighted by molar-refractivity contribution is -0.305. The van der Waals surface area contributed by atoms with E-state index in [1.54, 1.807) is 13.8 Å². The average Bonchev–Trinajstić information content (AvgIpc) is 3.31. The van der Waals surface area contributed by atoms with E-state index in [-0.39, 0.29) is 17.6 Å². The molecule has 0 spiro atoms. The fraction of sp³-hybridized carbons (Fsp3) is 0.727. The Morgan fingerprint density at radius 2 is 1.97 bits per heavy atom. The van der Waals surface area contributed by atoms with Crippen molar-refractivity contribution in [1.82, 2.24) is 0 Å². The molecule has 0 unspecified atom stereocenters. The van der Waals surface area contributed by atoms with Crippen LogP contribution in [0.4, 0.5) is 0 Å². The average molecular weight is 408 g/mol. The van der Waals surface area contributed by atoms with Crippen LogP contribution in [0.15, 0.2) is 24.3 Å². The van der Waals surface area contributed by atoms with Crippen LogP contribution in [0.2, 0.25) is 0 Å². The monoisotopic (exact) mass is 408 g/mol. The first kappa shape index (κ1) is 22.0. The summed E-state index contributed by atoms with van der Waals surface area (Å²) >= 11 is 0. The summed E-state index contributed by atoms with van der Waals surface area (Å²) in [5.74, 6) is -0.937. The molecule has 3 rings (SSSR count). The molecule has 7 nitrogen and oxygen atoms in total. The first-order valence-corrected chi connectivity index (χ1v) is 10.3. The van der Waals surface area contributed by atoms with E-state index < -0.39 is 29.2 Å². The highest BCUT2D eigenvalue weighted by Crippen LogP contribution is 2.47. The highest BCUT2D eigenvalue weighted by molar-refractivity contribution is 5.89. The van der Waals surface area contributed by atoms with E-state index in [2.05, 4.69) is 6.58 Å². The molecule has 1 aliphatic carbocycles. The highest BCUT2D eigenvalue weighted by Gasteiger charge is 2.53. The van der Waals surface area contributed by atoms with E-state index in [0.29, 0.717) is 44.1 Å². The van der Waals surface area contributed by atoms with Crippen LogP contribution in [0.1, 0.15) is 66.2 Å². The molecule has 2 bridgehead atoms. The predicted molar refractivity (Wildman–Crippen MR) is 105 cm³/mol. The number of hydrogen-bond acceptors (Lipinski definition) is 7. The van der Waals surface area contributed by atoms with Gasteiger partial charge in [-0.15, -0.1) is 0 Å². The summed E-state index contributed by atoms with van der Waals surface area (Å²) in [4.78, 5) is 29.3. The maximum absolute atomic E-state index is 12.8. The molecular weight excluding hydrogens is 376 g/mol. The van der Waals surface area contributed by atoms with Gasteiger partial charge in [-0.2, -0.15) is 0 Å². The molecule has 2 fully saturated rings. The second-order valence-corrected chi connectivity index (χ2v) is 9.27. The van der Waals surface area contributed by atoms with Crippen LogP contribution in [0.25, 0.3) is 0 Å². The van der Waals surface area contributed by atoms with Crippen molar-refractivity contribution < 1.29 is 33.9 Å². The van der Waals surface area contributed by atoms with Crippen LogP contribution in [0.5, 0.6) is 0 Å². The maximum atomic E-state index is 12.8. The topological polar surface area (TPSA) is 94.6 Å². The summed E-state index contributed by atoms with van der Waals surface area (Å²) in [6.07, 6.45) is 6.46. The molecule has 29 heavy (non-hydrogen) atoms. The zero-order chi connectivity index (χ0) is 21.4. The minimum absolute atomic E-state index is 0.0274. The quantitative estimate of drug-likeness (QED) is 0.186. The van der Waals surface area contributed by atoms with Gasteiger partial charge in [0.1, 0.15) is 17.3 Å². The standard InChI is InChI=1S/C22H32O7/c1-14-16-7-12-22(5,28-19(14)24)17(26-15(2)23)8-11-20(3,29-25)9-6-10-21(4)18(13-16)27-21/h6,9,16-18,25H,1,7-8,10-13H2,2-5H3/b9-6+/t16-,17-,18+,20+,21+,22-/m1/s1. The molecule has 6 atom stereocenters. The number of rotatable bonds is 2. The van der Waals surface area contributed by atoms with Gasteiger partial charge >= 0.3 is 11.9 Å². The lowest BCUT2D eigenvalue weighted by atomic mass is 9.82. The molecule has 0 radical (unpaired) electrons. The number of hydrogen-bond donors (Lipinski definition) is 1. The number of esters is 2. The molecule has 0 amide bonds. The lowest BCUT2D eigenvalue weighted by Crippen LogP contribution is -2.46. The Morgan fingerprint density at radius 1 is 1.24 bits per heavy atom. The van der Waals surface area contributed by atoms with Gasteiger partial charge in [0.2, 0.25) is 0 Å². The molecule has 2 heterocycles. The summed E-state index contributed by atoms with van der Waals surface area (Å²) in [6.45, 7) is 10.9. The molecule has 1 N–H and O–H groups in total. The molecule has 162 valence electrons. The Kier molecular flexibility index (Phi) is 5.96. The van der Waals surface area contributed by atoms with E-state index in [9.17, 15) is 14.8 Å². The zero-order valence-electron chi connectivity index (χ0n) is 17.7. The third kappa shape index (κ3) is 4.73. The van der Waals surface area contributed by atoms with Crippen LogP contribution in [-0.4, -0.2) is 46.2 Å². The second kappa shape index (κ2) is 7.85. The summed E-state index contributed by atoms with van der Waals surface area (Å²) in [5, 5.41) is 9.49. The van der Waals surface area contributed by atoms with E-state index in [0.717, 1.165) is 0 Å². The van der Waals surface area contributed by atoms with Crippen molar-refractivity contribution >= 4 is 11.9 Å². The van der Waals surface area contributed by atoms with Gasteiger partial charge < -0.3 is 14.2 Å². The Labute approximate surface area is 172 Å². The molecule has 0 aromatic rings. The van der Waals surface area contributed by atoms with Gasteiger partial charge in [-0.3, -0.25) is 10.1 Å². The van der Waals surface area contributed by atoms with Gasteiger partial charge in [0.15, 0.2) is 0 Å². The predicted octanol–water partition coefficient (Wildman–Crippen LogP) is 3.72. The largest absolute Gasteiger partial charge is 0.458 e. The van der Waals surface area contributed by atoms with Crippen molar-refractivity contribution in [3.8, 4) is 0 Å². The van der Waals surface area contributed by atoms with Crippen molar-refractivity contribution in [2.45, 2.75) is 95.2 Å². The SMILES string of the molecule is C=C1C(=O)O[C@]2(C)CC[C@@H]1C[C@@H]1O[C@@]1(C)C/C=C/[C@](C)(OO)CC[C@H]2OC(C)=O. The second-order valence-electron chi connectivity index (χ2n) is 9.27. The van der Waals surface area contributed by atoms with Gasteiger partial charge in [0.25, 0.3) is 0 Å². The number of fused-ring (bicyclic) bond motifs is 4. The molecule has 2 saturated heterocycles. The Morgan fingerprint density at radius 3 is 2.62 bits per heavy atom. The summed E-state index contributed by atoms with van der Waals surface area (Å²) in [6, 6.07) is 0. The molecule has 3 aliphatic rings. The van der Waals surface area contributed by atoms with Crippen molar-refractivity contribution in [3.63, 3.8) is 0 Å². The Bertz CT molecular complexity index is 716. The van der Waals surface area contributed by atoms with Crippen LogP contribution in [0, 0.1) is 5.92 Å². The van der Waals surface area contributed by atoms with Gasteiger partial charge in [-0.1, -0.05) is 18.7 Å². The Balaban J connectivity index is 1.95. The van der Waals surface area contributed by atoms with Crippen LogP contribution in [0.3, 0.4) is 0 Å². The van der Waals surface area contributed by atoms with E-state index >= 15 is 0 Å². The third-order valence-electron chi connectivity index (χ3n) is 6.70. The summed E-state index contributed by atoms with van der Waals surface area (Å²) < 4.78 is 17.3.